The van der Waals surface area contributed by atoms with Crippen molar-refractivity contribution in [2.24, 2.45) is 10.8 Å². The predicted molar refractivity (Wildman–Crippen MR) is 119 cm³/mol. The molecule has 1 unspecified atom stereocenters. The lowest BCUT2D eigenvalue weighted by molar-refractivity contribution is -0.141. The third-order valence-electron chi connectivity index (χ3n) is 3.93. The number of hydrazine groups is 1. The van der Waals surface area contributed by atoms with E-state index in [4.69, 9.17) is 40.6 Å². The van der Waals surface area contributed by atoms with E-state index in [1.165, 1.54) is 30.6 Å². The van der Waals surface area contributed by atoms with E-state index in [1.54, 1.807) is 12.1 Å². The molecule has 0 aliphatic heterocycles. The zero-order valence-electron chi connectivity index (χ0n) is 15.9. The number of aliphatic imine (C=N–C) groups is 1. The molecule has 12 heteroatoms. The minimum atomic E-state index is -1.31. The molecule has 0 saturated carbocycles. The third-order valence-corrected chi connectivity index (χ3v) is 4.99. The number of amides is 2. The molecule has 164 valence electrons. The van der Waals surface area contributed by atoms with Crippen molar-refractivity contribution in [2.75, 3.05) is 6.54 Å². The van der Waals surface area contributed by atoms with Crippen LogP contribution < -0.4 is 21.9 Å². The van der Waals surface area contributed by atoms with Crippen molar-refractivity contribution >= 4 is 64.6 Å². The van der Waals surface area contributed by atoms with Gasteiger partial charge in [-0.05, 0) is 35.9 Å². The fraction of sp³-hybridized carbons (Fsp3) is 0.158. The molecule has 2 aromatic rings. The van der Waals surface area contributed by atoms with Crippen LogP contribution in [-0.4, -0.2) is 41.8 Å². The molecule has 2 aromatic carbocycles. The lowest BCUT2D eigenvalue weighted by atomic mass is 10.1. The largest absolute Gasteiger partial charge is 0.480 e. The van der Waals surface area contributed by atoms with E-state index in [0.717, 1.165) is 0 Å². The number of nitrogens with zero attached hydrogens (tertiary/aromatic N) is 1. The van der Waals surface area contributed by atoms with Crippen LogP contribution in [0.5, 0.6) is 0 Å². The lowest BCUT2D eigenvalue weighted by Crippen LogP contribution is -2.46. The number of halogens is 3. The van der Waals surface area contributed by atoms with Gasteiger partial charge in [0.1, 0.15) is 12.4 Å². The summed E-state index contributed by atoms with van der Waals surface area (Å²) in [6.45, 7) is -0.440. The van der Waals surface area contributed by atoms with Gasteiger partial charge in [0.05, 0.1) is 22.3 Å². The smallest absolute Gasteiger partial charge is 0.326 e. The van der Waals surface area contributed by atoms with Crippen LogP contribution in [-0.2, 0) is 16.0 Å². The Morgan fingerprint density at radius 2 is 1.90 bits per heavy atom. The van der Waals surface area contributed by atoms with E-state index in [9.17, 15) is 19.5 Å². The van der Waals surface area contributed by atoms with Gasteiger partial charge in [-0.25, -0.2) is 15.6 Å². The number of rotatable bonds is 9. The standard InChI is InChI=1S/C19H18Cl3N5O4/c20-12-4-11(17(22)14(21)7-12)6-15(19(30)31)27-16(28)8-24-18(29)10-2-1-3-13(5-10)25-9-26-23/h1-5,7,9,15H,6,8,23H2,(H,24,29)(H,25,26)(H,27,28)(H,30,31). The highest BCUT2D eigenvalue weighted by molar-refractivity contribution is 6.43. The molecular formula is C19H18Cl3N5O4. The van der Waals surface area contributed by atoms with Crippen molar-refractivity contribution in [3.63, 3.8) is 0 Å². The summed E-state index contributed by atoms with van der Waals surface area (Å²) in [5, 5.41) is 14.8. The van der Waals surface area contributed by atoms with Gasteiger partial charge in [-0.1, -0.05) is 40.9 Å². The minimum Gasteiger partial charge on any atom is -0.480 e. The Morgan fingerprint density at radius 3 is 2.58 bits per heavy atom. The molecule has 6 N–H and O–H groups in total. The van der Waals surface area contributed by atoms with Crippen LogP contribution in [0.25, 0.3) is 0 Å². The molecule has 0 heterocycles. The summed E-state index contributed by atoms with van der Waals surface area (Å²) in [5.74, 6) is 2.58. The zero-order chi connectivity index (χ0) is 23.0. The number of carboxylic acid groups (broad SMARTS) is 1. The summed E-state index contributed by atoms with van der Waals surface area (Å²) in [6.07, 6.45) is 1.10. The van der Waals surface area contributed by atoms with E-state index < -0.39 is 30.4 Å². The van der Waals surface area contributed by atoms with E-state index in [0.29, 0.717) is 11.3 Å². The highest BCUT2D eigenvalue weighted by Crippen LogP contribution is 2.30. The monoisotopic (exact) mass is 485 g/mol. The maximum absolute atomic E-state index is 12.3. The number of nitrogens with two attached hydrogens (primary N) is 1. The second-order valence-corrected chi connectivity index (χ2v) is 7.40. The number of hydrogen-bond acceptors (Lipinski definition) is 5. The van der Waals surface area contributed by atoms with Crippen molar-refractivity contribution in [1.82, 2.24) is 16.1 Å². The van der Waals surface area contributed by atoms with Crippen LogP contribution in [0.1, 0.15) is 15.9 Å². The van der Waals surface area contributed by atoms with Crippen LogP contribution in [0.2, 0.25) is 15.1 Å². The van der Waals surface area contributed by atoms with Crippen molar-refractivity contribution in [1.29, 1.82) is 0 Å². The van der Waals surface area contributed by atoms with Crippen LogP contribution >= 0.6 is 34.8 Å². The Bertz CT molecular complexity index is 1020. The third kappa shape index (κ3) is 7.41. The zero-order valence-corrected chi connectivity index (χ0v) is 18.1. The Kier molecular flexibility index (Phi) is 9.07. The number of nitrogens with one attached hydrogen (secondary N) is 3. The highest BCUT2D eigenvalue weighted by atomic mass is 35.5. The molecule has 9 nitrogen and oxygen atoms in total. The maximum atomic E-state index is 12.3. The second-order valence-electron chi connectivity index (χ2n) is 6.18. The molecule has 1 atom stereocenters. The molecule has 0 bridgehead atoms. The minimum absolute atomic E-state index is 0.146. The fourth-order valence-corrected chi connectivity index (χ4v) is 3.25. The number of aliphatic carboxylic acids is 1. The van der Waals surface area contributed by atoms with E-state index in [1.807, 2.05) is 0 Å². The summed E-state index contributed by atoms with van der Waals surface area (Å²) < 4.78 is 0. The Morgan fingerprint density at radius 1 is 1.16 bits per heavy atom. The van der Waals surface area contributed by atoms with Gasteiger partial charge in [-0.3, -0.25) is 9.59 Å². The van der Waals surface area contributed by atoms with Gasteiger partial charge in [0.25, 0.3) is 5.91 Å². The molecular weight excluding hydrogens is 469 g/mol. The van der Waals surface area contributed by atoms with Gasteiger partial charge in [-0.15, -0.1) is 0 Å². The summed E-state index contributed by atoms with van der Waals surface area (Å²) >= 11 is 18.0. The molecule has 2 amide bonds. The summed E-state index contributed by atoms with van der Waals surface area (Å²) in [5.41, 5.74) is 3.33. The molecule has 0 radical (unpaired) electrons. The molecule has 0 spiro atoms. The van der Waals surface area contributed by atoms with E-state index in [2.05, 4.69) is 21.1 Å². The first kappa shape index (κ1) is 24.4. The van der Waals surface area contributed by atoms with Gasteiger partial charge < -0.3 is 21.2 Å². The van der Waals surface area contributed by atoms with Crippen molar-refractivity contribution < 1.29 is 19.5 Å². The highest BCUT2D eigenvalue weighted by Gasteiger charge is 2.23. The fourth-order valence-electron chi connectivity index (χ4n) is 2.53. The molecule has 0 aromatic heterocycles. The number of carbonyl (C=O) groups is 3. The van der Waals surface area contributed by atoms with Gasteiger partial charge in [-0.2, -0.15) is 0 Å². The topological polar surface area (TPSA) is 146 Å². The summed E-state index contributed by atoms with van der Waals surface area (Å²) in [4.78, 5) is 40.0. The normalized spacial score (nSPS) is 11.7. The van der Waals surface area contributed by atoms with Gasteiger partial charge in [0.2, 0.25) is 5.91 Å². The number of carboxylic acids is 1. The summed E-state index contributed by atoms with van der Waals surface area (Å²) in [6, 6.07) is 7.87. The van der Waals surface area contributed by atoms with Gasteiger partial charge in [0.15, 0.2) is 0 Å². The maximum Gasteiger partial charge on any atom is 0.326 e. The van der Waals surface area contributed by atoms with Crippen LogP contribution in [0.3, 0.4) is 0 Å². The average Bonchev–Trinajstić information content (AvgIpc) is 2.73. The van der Waals surface area contributed by atoms with Crippen LogP contribution in [0.4, 0.5) is 5.69 Å². The van der Waals surface area contributed by atoms with Crippen LogP contribution in [0.15, 0.2) is 41.4 Å². The average molecular weight is 487 g/mol. The quantitative estimate of drug-likeness (QED) is 0.121. The molecule has 2 rings (SSSR count). The van der Waals surface area contributed by atoms with Gasteiger partial charge in [0, 0.05) is 17.0 Å². The number of benzene rings is 2. The SMILES string of the molecule is NNC=Nc1cccc(C(=O)NCC(=O)NC(Cc2cc(Cl)cc(Cl)c2Cl)C(=O)O)c1. The van der Waals surface area contributed by atoms with Gasteiger partial charge >= 0.3 is 5.97 Å². The molecule has 0 fully saturated rings. The first-order valence-corrected chi connectivity index (χ1v) is 9.87. The van der Waals surface area contributed by atoms with Crippen LogP contribution in [0, 0.1) is 0 Å². The van der Waals surface area contributed by atoms with Crippen molar-refractivity contribution in [3.8, 4) is 0 Å². The van der Waals surface area contributed by atoms with E-state index in [-0.39, 0.29) is 27.1 Å². The molecule has 0 aliphatic rings. The number of carbonyl (C=O) groups excluding carboxylic acids is 2. The lowest BCUT2D eigenvalue weighted by Gasteiger charge is -2.16. The van der Waals surface area contributed by atoms with E-state index >= 15 is 0 Å². The predicted octanol–water partition coefficient (Wildman–Crippen LogP) is 2.31. The first-order valence-electron chi connectivity index (χ1n) is 8.73. The van der Waals surface area contributed by atoms with Crippen molar-refractivity contribution in [3.05, 3.63) is 62.6 Å². The number of hydrogen-bond donors (Lipinski definition) is 5. The molecule has 0 aliphatic carbocycles. The Balaban J connectivity index is 1.99. The Hall–Kier alpha value is -2.85. The second kappa shape index (κ2) is 11.5. The first-order chi connectivity index (χ1) is 14.7. The molecule has 31 heavy (non-hydrogen) atoms. The molecule has 0 saturated heterocycles. The van der Waals surface area contributed by atoms with Crippen molar-refractivity contribution in [2.45, 2.75) is 12.5 Å². The summed E-state index contributed by atoms with van der Waals surface area (Å²) in [7, 11) is 0. The Labute approximate surface area is 192 Å².